The molecule has 3 rings (SSSR count). The summed E-state index contributed by atoms with van der Waals surface area (Å²) in [6, 6.07) is 9.32. The van der Waals surface area contributed by atoms with Crippen LogP contribution < -0.4 is 5.32 Å². The van der Waals surface area contributed by atoms with Crippen LogP contribution in [0.1, 0.15) is 11.6 Å². The van der Waals surface area contributed by atoms with E-state index in [4.69, 9.17) is 5.11 Å². The molecule has 18 heavy (non-hydrogen) atoms. The van der Waals surface area contributed by atoms with Crippen molar-refractivity contribution in [2.45, 2.75) is 6.04 Å². The van der Waals surface area contributed by atoms with Gasteiger partial charge in [-0.2, -0.15) is 10.1 Å². The summed E-state index contributed by atoms with van der Waals surface area (Å²) in [5.74, 6) is -0.575. The molecule has 2 heterocycles. The van der Waals surface area contributed by atoms with Crippen molar-refractivity contribution in [3.63, 3.8) is 0 Å². The fourth-order valence-electron chi connectivity index (χ4n) is 1.95. The van der Waals surface area contributed by atoms with Crippen LogP contribution in [0.15, 0.2) is 48.4 Å². The molecule has 90 valence electrons. The molecule has 6 heteroatoms. The maximum absolute atomic E-state index is 11.1. The number of allylic oxidation sites excluding steroid dienone is 1. The van der Waals surface area contributed by atoms with E-state index < -0.39 is 5.97 Å². The molecule has 6 nitrogen and oxygen atoms in total. The van der Waals surface area contributed by atoms with Gasteiger partial charge in [0.2, 0.25) is 5.95 Å². The van der Waals surface area contributed by atoms with Gasteiger partial charge in [0.25, 0.3) is 0 Å². The Morgan fingerprint density at radius 2 is 2.11 bits per heavy atom. The summed E-state index contributed by atoms with van der Waals surface area (Å²) in [6.07, 6.45) is 3.02. The Morgan fingerprint density at radius 1 is 1.33 bits per heavy atom. The van der Waals surface area contributed by atoms with Crippen molar-refractivity contribution in [3.8, 4) is 0 Å². The third-order valence-electron chi connectivity index (χ3n) is 2.78. The first kappa shape index (κ1) is 10.5. The lowest BCUT2D eigenvalue weighted by molar-refractivity contribution is -0.132. The van der Waals surface area contributed by atoms with Crippen LogP contribution in [0.25, 0.3) is 0 Å². The number of anilines is 1. The number of fused-ring (bicyclic) bond motifs is 1. The average Bonchev–Trinajstić information content (AvgIpc) is 2.86. The van der Waals surface area contributed by atoms with Crippen LogP contribution in [0.4, 0.5) is 5.95 Å². The Bertz CT molecular complexity index is 618. The fraction of sp³-hybridized carbons (Fsp3) is 0.0833. The van der Waals surface area contributed by atoms with Crippen LogP contribution >= 0.6 is 0 Å². The van der Waals surface area contributed by atoms with Crippen LogP contribution in [-0.2, 0) is 4.79 Å². The van der Waals surface area contributed by atoms with E-state index in [9.17, 15) is 4.79 Å². The van der Waals surface area contributed by atoms with Crippen molar-refractivity contribution in [2.24, 2.45) is 0 Å². The van der Waals surface area contributed by atoms with Gasteiger partial charge in [-0.3, -0.25) is 0 Å². The summed E-state index contributed by atoms with van der Waals surface area (Å²) < 4.78 is 1.65. The Hall–Kier alpha value is -2.63. The van der Waals surface area contributed by atoms with E-state index in [1.54, 1.807) is 10.8 Å². The van der Waals surface area contributed by atoms with Crippen LogP contribution in [0, 0.1) is 0 Å². The summed E-state index contributed by atoms with van der Waals surface area (Å²) in [6.45, 7) is 0. The molecule has 0 saturated carbocycles. The number of carboxylic acids is 1. The number of benzene rings is 1. The highest BCUT2D eigenvalue weighted by Crippen LogP contribution is 2.27. The lowest BCUT2D eigenvalue weighted by Gasteiger charge is -2.22. The van der Waals surface area contributed by atoms with Crippen LogP contribution in [0.2, 0.25) is 0 Å². The van der Waals surface area contributed by atoms with Crippen molar-refractivity contribution < 1.29 is 9.90 Å². The number of hydrogen-bond acceptors (Lipinski definition) is 4. The molecule has 0 bridgehead atoms. The van der Waals surface area contributed by atoms with Gasteiger partial charge >= 0.3 is 5.97 Å². The Morgan fingerprint density at radius 3 is 2.83 bits per heavy atom. The van der Waals surface area contributed by atoms with Gasteiger partial charge in [-0.25, -0.2) is 9.48 Å². The molecular weight excluding hydrogens is 232 g/mol. The molecule has 0 radical (unpaired) electrons. The van der Waals surface area contributed by atoms with Gasteiger partial charge in [0.15, 0.2) is 0 Å². The number of carboxylic acid groups (broad SMARTS) is 1. The number of nitrogens with one attached hydrogen (secondary N) is 1. The zero-order valence-electron chi connectivity index (χ0n) is 9.32. The van der Waals surface area contributed by atoms with Crippen LogP contribution in [0.3, 0.4) is 0 Å². The topological polar surface area (TPSA) is 80.0 Å². The van der Waals surface area contributed by atoms with Crippen LogP contribution in [0.5, 0.6) is 0 Å². The lowest BCUT2D eigenvalue weighted by atomic mass is 10.0. The predicted octanol–water partition coefficient (Wildman–Crippen LogP) is 1.26. The fourth-order valence-corrected chi connectivity index (χ4v) is 1.95. The maximum Gasteiger partial charge on any atom is 0.352 e. The summed E-state index contributed by atoms with van der Waals surface area (Å²) in [7, 11) is 0. The second-order valence-electron chi connectivity index (χ2n) is 3.89. The third kappa shape index (κ3) is 1.64. The Labute approximate surface area is 103 Å². The summed E-state index contributed by atoms with van der Waals surface area (Å²) >= 11 is 0. The van der Waals surface area contributed by atoms with Crippen molar-refractivity contribution in [1.29, 1.82) is 0 Å². The predicted molar refractivity (Wildman–Crippen MR) is 63.9 cm³/mol. The standard InChI is InChI=1S/C12H10N4O2/c17-11(18)9-6-10(8-4-2-1-3-5-8)16-12(15-9)13-7-14-16/h1-7,10H,(H,17,18)(H,13,14,15). The van der Waals surface area contributed by atoms with Crippen molar-refractivity contribution >= 4 is 11.9 Å². The van der Waals surface area contributed by atoms with Gasteiger partial charge in [0.1, 0.15) is 18.1 Å². The van der Waals surface area contributed by atoms with Gasteiger partial charge in [0.05, 0.1) is 0 Å². The minimum atomic E-state index is -1.01. The minimum absolute atomic E-state index is 0.115. The Kier molecular flexibility index (Phi) is 2.33. The van der Waals surface area contributed by atoms with E-state index in [0.717, 1.165) is 5.56 Å². The maximum atomic E-state index is 11.1. The molecule has 0 spiro atoms. The largest absolute Gasteiger partial charge is 0.477 e. The van der Waals surface area contributed by atoms with Gasteiger partial charge < -0.3 is 10.4 Å². The summed E-state index contributed by atoms with van der Waals surface area (Å²) in [5.41, 5.74) is 1.08. The molecule has 2 N–H and O–H groups in total. The molecule has 0 amide bonds. The zero-order chi connectivity index (χ0) is 12.5. The number of nitrogens with zero attached hydrogens (tertiary/aromatic N) is 3. The molecular formula is C12H10N4O2. The second-order valence-corrected chi connectivity index (χ2v) is 3.89. The molecule has 1 unspecified atom stereocenters. The average molecular weight is 242 g/mol. The molecule has 0 aliphatic carbocycles. The number of aromatic nitrogens is 3. The van der Waals surface area contributed by atoms with Gasteiger partial charge in [-0.1, -0.05) is 30.3 Å². The molecule has 1 aromatic heterocycles. The van der Waals surface area contributed by atoms with E-state index in [1.807, 2.05) is 30.3 Å². The molecule has 1 atom stereocenters. The molecule has 0 fully saturated rings. The highest BCUT2D eigenvalue weighted by Gasteiger charge is 2.25. The minimum Gasteiger partial charge on any atom is -0.477 e. The number of hydrogen-bond donors (Lipinski definition) is 2. The number of aliphatic carboxylic acids is 1. The van der Waals surface area contributed by atoms with Crippen molar-refractivity contribution in [3.05, 3.63) is 54.0 Å². The van der Waals surface area contributed by atoms with E-state index >= 15 is 0 Å². The third-order valence-corrected chi connectivity index (χ3v) is 2.78. The Balaban J connectivity index is 2.10. The SMILES string of the molecule is O=C(O)C1=CC(c2ccccc2)n2ncnc2N1. The van der Waals surface area contributed by atoms with E-state index in [1.165, 1.54) is 6.33 Å². The normalized spacial score (nSPS) is 17.6. The van der Waals surface area contributed by atoms with E-state index in [0.29, 0.717) is 5.95 Å². The molecule has 1 aliphatic heterocycles. The van der Waals surface area contributed by atoms with E-state index in [2.05, 4.69) is 15.4 Å². The number of carbonyl (C=O) groups is 1. The van der Waals surface area contributed by atoms with Gasteiger partial charge in [-0.15, -0.1) is 0 Å². The first-order chi connectivity index (χ1) is 8.75. The van der Waals surface area contributed by atoms with Gasteiger partial charge in [-0.05, 0) is 11.6 Å². The quantitative estimate of drug-likeness (QED) is 0.828. The molecule has 1 aliphatic rings. The van der Waals surface area contributed by atoms with E-state index in [-0.39, 0.29) is 11.7 Å². The summed E-state index contributed by atoms with van der Waals surface area (Å²) in [4.78, 5) is 15.1. The smallest absolute Gasteiger partial charge is 0.352 e. The first-order valence-corrected chi connectivity index (χ1v) is 5.42. The monoisotopic (exact) mass is 242 g/mol. The van der Waals surface area contributed by atoms with Crippen molar-refractivity contribution in [1.82, 2.24) is 14.8 Å². The molecule has 1 aromatic carbocycles. The number of rotatable bonds is 2. The first-order valence-electron chi connectivity index (χ1n) is 5.42. The highest BCUT2D eigenvalue weighted by molar-refractivity contribution is 5.90. The lowest BCUT2D eigenvalue weighted by Crippen LogP contribution is -2.24. The highest BCUT2D eigenvalue weighted by atomic mass is 16.4. The molecule has 2 aromatic rings. The van der Waals surface area contributed by atoms with Gasteiger partial charge in [0, 0.05) is 0 Å². The summed E-state index contributed by atoms with van der Waals surface area (Å²) in [5, 5.41) is 15.9. The zero-order valence-corrected chi connectivity index (χ0v) is 9.32. The van der Waals surface area contributed by atoms with Crippen LogP contribution in [-0.4, -0.2) is 25.8 Å². The van der Waals surface area contributed by atoms with Crippen molar-refractivity contribution in [2.75, 3.05) is 5.32 Å². The second kappa shape index (κ2) is 3.99. The molecule has 0 saturated heterocycles.